The van der Waals surface area contributed by atoms with E-state index in [1.807, 2.05) is 47.7 Å². The lowest BCUT2D eigenvalue weighted by Gasteiger charge is -2.19. The summed E-state index contributed by atoms with van der Waals surface area (Å²) in [5.41, 5.74) is 2.24. The van der Waals surface area contributed by atoms with Crippen LogP contribution in [0, 0.1) is 0 Å². The van der Waals surface area contributed by atoms with Gasteiger partial charge in [0.2, 0.25) is 15.9 Å². The molecule has 1 atom stereocenters. The summed E-state index contributed by atoms with van der Waals surface area (Å²) in [7, 11) is -3.54. The molecule has 8 nitrogen and oxygen atoms in total. The van der Waals surface area contributed by atoms with Crippen LogP contribution in [-0.4, -0.2) is 51.6 Å². The molecule has 0 bridgehead atoms. The number of thioether (sulfide) groups is 1. The first-order valence-electron chi connectivity index (χ1n) is 11.2. The Kier molecular flexibility index (Phi) is 7.20. The van der Waals surface area contributed by atoms with Crippen molar-refractivity contribution in [3.63, 3.8) is 0 Å². The second-order valence-electron chi connectivity index (χ2n) is 7.69. The van der Waals surface area contributed by atoms with Crippen molar-refractivity contribution in [2.45, 2.75) is 42.5 Å². The maximum atomic E-state index is 13.0. The van der Waals surface area contributed by atoms with Crippen molar-refractivity contribution in [1.82, 2.24) is 18.9 Å². The topological polar surface area (TPSA) is 96.7 Å². The van der Waals surface area contributed by atoms with Crippen molar-refractivity contribution >= 4 is 49.9 Å². The minimum atomic E-state index is -3.54. The lowest BCUT2D eigenvalue weighted by Crippen LogP contribution is -2.30. The van der Waals surface area contributed by atoms with E-state index in [2.05, 4.69) is 15.5 Å². The molecule has 1 N–H and O–H groups in total. The Hall–Kier alpha value is -2.95. The molecule has 0 spiro atoms. The highest BCUT2D eigenvalue weighted by molar-refractivity contribution is 8.00. The summed E-state index contributed by atoms with van der Waals surface area (Å²) in [6, 6.07) is 18.2. The molecule has 0 radical (unpaired) electrons. The Balaban J connectivity index is 1.53. The predicted octanol–water partition coefficient (Wildman–Crippen LogP) is 4.42. The number of anilines is 1. The smallest absolute Gasteiger partial charge is 0.243 e. The molecule has 10 heteroatoms. The summed E-state index contributed by atoms with van der Waals surface area (Å²) < 4.78 is 28.7. The number of hydrogen-bond donors (Lipinski definition) is 1. The second kappa shape index (κ2) is 10.1. The molecular formula is C24H27N5O3S2. The maximum Gasteiger partial charge on any atom is 0.243 e. The van der Waals surface area contributed by atoms with Gasteiger partial charge in [-0.15, -0.1) is 10.2 Å². The number of pyridine rings is 1. The molecule has 2 aromatic carbocycles. The van der Waals surface area contributed by atoms with Crippen LogP contribution in [-0.2, 0) is 14.8 Å². The third kappa shape index (κ3) is 4.66. The Labute approximate surface area is 203 Å². The van der Waals surface area contributed by atoms with Crippen molar-refractivity contribution in [3.8, 4) is 0 Å². The van der Waals surface area contributed by atoms with Gasteiger partial charge in [0.15, 0.2) is 10.8 Å². The predicted molar refractivity (Wildman–Crippen MR) is 136 cm³/mol. The van der Waals surface area contributed by atoms with Crippen molar-refractivity contribution in [2.24, 2.45) is 0 Å². The molecule has 0 aliphatic rings. The molecule has 2 aromatic heterocycles. The van der Waals surface area contributed by atoms with Crippen molar-refractivity contribution in [1.29, 1.82) is 0 Å². The van der Waals surface area contributed by atoms with Crippen LogP contribution < -0.4 is 5.32 Å². The van der Waals surface area contributed by atoms with Gasteiger partial charge in [-0.25, -0.2) is 8.42 Å². The number of nitrogens with zero attached hydrogens (tertiary/aromatic N) is 4. The molecule has 0 saturated carbocycles. The second-order valence-corrected chi connectivity index (χ2v) is 10.8. The molecule has 0 fully saturated rings. The van der Waals surface area contributed by atoms with Gasteiger partial charge in [0.1, 0.15) is 0 Å². The number of amides is 1. The Morgan fingerprint density at radius 2 is 1.71 bits per heavy atom. The largest absolute Gasteiger partial charge is 0.325 e. The summed E-state index contributed by atoms with van der Waals surface area (Å²) in [6.07, 6.45) is 0.588. The average molecular weight is 498 g/mol. The molecule has 0 aliphatic carbocycles. The number of carbonyl (C=O) groups is 1. The first-order chi connectivity index (χ1) is 16.4. The SMILES string of the molecule is CCC(Sc1nnc2ccc3ccccc3n12)C(=O)Nc1ccc(S(=O)(=O)N(CC)CC)cc1. The number of carbonyl (C=O) groups excluding carboxylic acids is 1. The number of hydrogen-bond acceptors (Lipinski definition) is 6. The number of benzene rings is 2. The van der Waals surface area contributed by atoms with E-state index in [9.17, 15) is 13.2 Å². The van der Waals surface area contributed by atoms with E-state index in [1.165, 1.54) is 28.2 Å². The summed E-state index contributed by atoms with van der Waals surface area (Å²) in [6.45, 7) is 6.36. The molecule has 4 rings (SSSR count). The Morgan fingerprint density at radius 3 is 2.38 bits per heavy atom. The molecule has 1 unspecified atom stereocenters. The van der Waals surface area contributed by atoms with E-state index in [0.717, 1.165) is 16.6 Å². The highest BCUT2D eigenvalue weighted by atomic mass is 32.2. The lowest BCUT2D eigenvalue weighted by atomic mass is 10.2. The van der Waals surface area contributed by atoms with Crippen molar-refractivity contribution < 1.29 is 13.2 Å². The molecule has 2 heterocycles. The highest BCUT2D eigenvalue weighted by Crippen LogP contribution is 2.28. The molecule has 0 saturated heterocycles. The minimum absolute atomic E-state index is 0.177. The van der Waals surface area contributed by atoms with E-state index in [0.29, 0.717) is 30.4 Å². The van der Waals surface area contributed by atoms with Crippen LogP contribution in [0.1, 0.15) is 27.2 Å². The number of nitrogens with one attached hydrogen (secondary N) is 1. The van der Waals surface area contributed by atoms with Gasteiger partial charge in [-0.05, 0) is 54.3 Å². The summed E-state index contributed by atoms with van der Waals surface area (Å²) in [5, 5.41) is 12.8. The molecular weight excluding hydrogens is 470 g/mol. The van der Waals surface area contributed by atoms with Crippen molar-refractivity contribution in [3.05, 3.63) is 60.7 Å². The molecule has 0 aliphatic heterocycles. The summed E-state index contributed by atoms with van der Waals surface area (Å²) >= 11 is 1.36. The van der Waals surface area contributed by atoms with E-state index >= 15 is 0 Å². The molecule has 178 valence electrons. The quantitative estimate of drug-likeness (QED) is 0.344. The number of para-hydroxylation sites is 1. The van der Waals surface area contributed by atoms with Crippen LogP contribution in [0.25, 0.3) is 16.6 Å². The molecule has 1 amide bonds. The zero-order chi connectivity index (χ0) is 24.3. The summed E-state index contributed by atoms with van der Waals surface area (Å²) in [4.78, 5) is 13.2. The standard InChI is InChI=1S/C24H27N5O3S2/c1-4-21(33-24-27-26-22-16-11-17-9-7-8-10-20(17)29(22)24)23(30)25-18-12-14-19(15-13-18)34(31,32)28(5-2)6-3/h7-16,21H,4-6H2,1-3H3,(H,25,30). The van der Waals surface area contributed by atoms with Crippen LogP contribution in [0.15, 0.2) is 70.7 Å². The van der Waals surface area contributed by atoms with Crippen LogP contribution in [0.4, 0.5) is 5.69 Å². The summed E-state index contributed by atoms with van der Waals surface area (Å²) in [5.74, 6) is -0.177. The number of rotatable bonds is 9. The monoisotopic (exact) mass is 497 g/mol. The van der Waals surface area contributed by atoms with E-state index < -0.39 is 15.3 Å². The normalized spacial score (nSPS) is 12.9. The van der Waals surface area contributed by atoms with E-state index in [4.69, 9.17) is 0 Å². The third-order valence-electron chi connectivity index (χ3n) is 5.62. The highest BCUT2D eigenvalue weighted by Gasteiger charge is 2.23. The van der Waals surface area contributed by atoms with Crippen LogP contribution in [0.2, 0.25) is 0 Å². The Morgan fingerprint density at radius 1 is 1.00 bits per heavy atom. The van der Waals surface area contributed by atoms with Crippen molar-refractivity contribution in [2.75, 3.05) is 18.4 Å². The van der Waals surface area contributed by atoms with Crippen LogP contribution in [0.3, 0.4) is 0 Å². The van der Waals surface area contributed by atoms with Crippen LogP contribution in [0.5, 0.6) is 0 Å². The van der Waals surface area contributed by atoms with E-state index in [-0.39, 0.29) is 10.8 Å². The van der Waals surface area contributed by atoms with Gasteiger partial charge < -0.3 is 5.32 Å². The van der Waals surface area contributed by atoms with Gasteiger partial charge in [-0.3, -0.25) is 9.20 Å². The first-order valence-corrected chi connectivity index (χ1v) is 13.5. The van der Waals surface area contributed by atoms with Crippen LogP contribution >= 0.6 is 11.8 Å². The fourth-order valence-corrected chi connectivity index (χ4v) is 6.21. The molecule has 4 aromatic rings. The van der Waals surface area contributed by atoms with Gasteiger partial charge in [0.25, 0.3) is 0 Å². The van der Waals surface area contributed by atoms with E-state index in [1.54, 1.807) is 26.0 Å². The average Bonchev–Trinajstić information content (AvgIpc) is 3.26. The van der Waals surface area contributed by atoms with Gasteiger partial charge >= 0.3 is 0 Å². The first kappa shape index (κ1) is 24.2. The van der Waals surface area contributed by atoms with Gasteiger partial charge in [0, 0.05) is 18.8 Å². The maximum absolute atomic E-state index is 13.0. The zero-order valence-corrected chi connectivity index (χ0v) is 20.9. The fraction of sp³-hybridized carbons (Fsp3) is 0.292. The van der Waals surface area contributed by atoms with Gasteiger partial charge in [0.05, 0.1) is 15.7 Å². The minimum Gasteiger partial charge on any atom is -0.325 e. The Bertz CT molecular complexity index is 1410. The fourth-order valence-electron chi connectivity index (χ4n) is 3.78. The van der Waals surface area contributed by atoms with Gasteiger partial charge in [-0.2, -0.15) is 4.31 Å². The number of fused-ring (bicyclic) bond motifs is 3. The lowest BCUT2D eigenvalue weighted by molar-refractivity contribution is -0.115. The number of aromatic nitrogens is 3. The zero-order valence-electron chi connectivity index (χ0n) is 19.3. The number of sulfonamides is 1. The third-order valence-corrected chi connectivity index (χ3v) is 9.00. The van der Waals surface area contributed by atoms with Gasteiger partial charge in [-0.1, -0.05) is 50.7 Å². The molecule has 34 heavy (non-hydrogen) atoms.